The Morgan fingerprint density at radius 2 is 2.18 bits per heavy atom. The van der Waals surface area contributed by atoms with E-state index < -0.39 is 5.41 Å². The number of ketones is 1. The number of ether oxygens (including phenoxy) is 1. The summed E-state index contributed by atoms with van der Waals surface area (Å²) >= 11 is 0. The molecule has 17 heavy (non-hydrogen) atoms. The van der Waals surface area contributed by atoms with Crippen LogP contribution >= 0.6 is 0 Å². The molecule has 0 aliphatic heterocycles. The van der Waals surface area contributed by atoms with Gasteiger partial charge >= 0.3 is 0 Å². The summed E-state index contributed by atoms with van der Waals surface area (Å²) in [6.07, 6.45) is 3.88. The van der Waals surface area contributed by atoms with Crippen molar-refractivity contribution in [3.05, 3.63) is 24.0 Å². The highest BCUT2D eigenvalue weighted by atomic mass is 16.5. The summed E-state index contributed by atoms with van der Waals surface area (Å²) < 4.78 is 5.33. The van der Waals surface area contributed by atoms with Crippen molar-refractivity contribution < 1.29 is 9.53 Å². The minimum Gasteiger partial charge on any atom is -0.492 e. The van der Waals surface area contributed by atoms with Gasteiger partial charge in [0.2, 0.25) is 0 Å². The predicted molar refractivity (Wildman–Crippen MR) is 67.2 cm³/mol. The number of Topliss-reactive ketones (excluding diaryl/α,β-unsaturated/α-hetero) is 1. The fourth-order valence-corrected chi connectivity index (χ4v) is 1.53. The zero-order valence-corrected chi connectivity index (χ0v) is 10.7. The Labute approximate surface area is 102 Å². The van der Waals surface area contributed by atoms with Crippen molar-refractivity contribution in [1.82, 2.24) is 4.98 Å². The van der Waals surface area contributed by atoms with E-state index in [-0.39, 0.29) is 5.78 Å². The van der Waals surface area contributed by atoms with Crippen LogP contribution in [0.1, 0.15) is 37.6 Å². The number of hydrogen-bond donors (Lipinski definition) is 1. The Balaban J connectivity index is 2.99. The average molecular weight is 236 g/mol. The SMILES string of the molecule is CCOc1cncc(C(=O)C(C)(CC)CN)c1. The summed E-state index contributed by atoms with van der Waals surface area (Å²) in [6, 6.07) is 1.72. The van der Waals surface area contributed by atoms with Crippen LogP contribution in [0.25, 0.3) is 0 Å². The van der Waals surface area contributed by atoms with Crippen LogP contribution in [0.3, 0.4) is 0 Å². The Morgan fingerprint density at radius 3 is 2.71 bits per heavy atom. The Kier molecular flexibility index (Phi) is 4.63. The number of rotatable bonds is 6. The standard InChI is InChI=1S/C13H20N2O2/c1-4-13(3,9-14)12(16)10-6-11(17-5-2)8-15-7-10/h6-8H,4-5,9,14H2,1-3H3. The molecule has 1 atom stereocenters. The second kappa shape index (κ2) is 5.77. The van der Waals surface area contributed by atoms with Crippen molar-refractivity contribution in [3.63, 3.8) is 0 Å². The quantitative estimate of drug-likeness (QED) is 0.768. The summed E-state index contributed by atoms with van der Waals surface area (Å²) in [4.78, 5) is 16.3. The normalized spacial score (nSPS) is 14.1. The lowest BCUT2D eigenvalue weighted by Gasteiger charge is -2.24. The summed E-state index contributed by atoms with van der Waals surface area (Å²) in [5.41, 5.74) is 5.72. The van der Waals surface area contributed by atoms with Crippen molar-refractivity contribution >= 4 is 5.78 Å². The van der Waals surface area contributed by atoms with Crippen LogP contribution in [0, 0.1) is 5.41 Å². The van der Waals surface area contributed by atoms with Crippen molar-refractivity contribution in [2.24, 2.45) is 11.1 Å². The maximum absolute atomic E-state index is 12.3. The highest BCUT2D eigenvalue weighted by Gasteiger charge is 2.30. The fourth-order valence-electron chi connectivity index (χ4n) is 1.53. The molecule has 0 spiro atoms. The highest BCUT2D eigenvalue weighted by Crippen LogP contribution is 2.26. The average Bonchev–Trinajstić information content (AvgIpc) is 2.37. The van der Waals surface area contributed by atoms with Gasteiger partial charge in [0.1, 0.15) is 5.75 Å². The van der Waals surface area contributed by atoms with E-state index in [2.05, 4.69) is 4.98 Å². The molecule has 0 radical (unpaired) electrons. The molecule has 2 N–H and O–H groups in total. The van der Waals surface area contributed by atoms with Gasteiger partial charge in [-0.3, -0.25) is 9.78 Å². The van der Waals surface area contributed by atoms with Crippen LogP contribution in [0.4, 0.5) is 0 Å². The van der Waals surface area contributed by atoms with Crippen molar-refractivity contribution in [2.45, 2.75) is 27.2 Å². The molecule has 0 saturated heterocycles. The van der Waals surface area contributed by atoms with Gasteiger partial charge in [0.05, 0.1) is 12.8 Å². The van der Waals surface area contributed by atoms with Gasteiger partial charge in [0.25, 0.3) is 0 Å². The van der Waals surface area contributed by atoms with Crippen molar-refractivity contribution in [1.29, 1.82) is 0 Å². The van der Waals surface area contributed by atoms with E-state index in [0.717, 1.165) is 0 Å². The summed E-state index contributed by atoms with van der Waals surface area (Å²) in [5.74, 6) is 0.644. The molecule has 0 saturated carbocycles. The molecule has 0 fully saturated rings. The lowest BCUT2D eigenvalue weighted by molar-refractivity contribution is 0.0819. The zero-order chi connectivity index (χ0) is 12.9. The lowest BCUT2D eigenvalue weighted by Crippen LogP contribution is -2.35. The number of carbonyl (C=O) groups is 1. The monoisotopic (exact) mass is 236 g/mol. The molecule has 0 aromatic carbocycles. The smallest absolute Gasteiger partial charge is 0.171 e. The molecule has 1 aromatic heterocycles. The van der Waals surface area contributed by atoms with E-state index in [0.29, 0.717) is 30.9 Å². The third-order valence-corrected chi connectivity index (χ3v) is 3.07. The fraction of sp³-hybridized carbons (Fsp3) is 0.538. The van der Waals surface area contributed by atoms with Gasteiger partial charge < -0.3 is 10.5 Å². The first-order valence-corrected chi connectivity index (χ1v) is 5.90. The molecule has 0 bridgehead atoms. The Morgan fingerprint density at radius 1 is 1.47 bits per heavy atom. The minimum absolute atomic E-state index is 0.0246. The molecule has 0 aliphatic rings. The van der Waals surface area contributed by atoms with E-state index in [1.165, 1.54) is 0 Å². The summed E-state index contributed by atoms with van der Waals surface area (Å²) in [5, 5.41) is 0. The first kappa shape index (κ1) is 13.6. The first-order chi connectivity index (χ1) is 8.07. The summed E-state index contributed by atoms with van der Waals surface area (Å²) in [6.45, 7) is 6.63. The van der Waals surface area contributed by atoms with Crippen LogP contribution in [0.2, 0.25) is 0 Å². The van der Waals surface area contributed by atoms with Crippen LogP contribution < -0.4 is 10.5 Å². The zero-order valence-electron chi connectivity index (χ0n) is 10.7. The largest absolute Gasteiger partial charge is 0.492 e. The van der Waals surface area contributed by atoms with Gasteiger partial charge in [-0.15, -0.1) is 0 Å². The van der Waals surface area contributed by atoms with Crippen LogP contribution in [-0.4, -0.2) is 23.9 Å². The third kappa shape index (κ3) is 3.03. The van der Waals surface area contributed by atoms with Gasteiger partial charge in [0, 0.05) is 23.7 Å². The van der Waals surface area contributed by atoms with E-state index in [9.17, 15) is 4.79 Å². The molecule has 94 valence electrons. The second-order valence-electron chi connectivity index (χ2n) is 4.29. The molecule has 1 heterocycles. The number of pyridine rings is 1. The second-order valence-corrected chi connectivity index (χ2v) is 4.29. The van der Waals surface area contributed by atoms with Crippen LogP contribution in [0.5, 0.6) is 5.75 Å². The Hall–Kier alpha value is -1.42. The van der Waals surface area contributed by atoms with Gasteiger partial charge in [-0.1, -0.05) is 13.8 Å². The van der Waals surface area contributed by atoms with Gasteiger partial charge in [-0.25, -0.2) is 0 Å². The lowest BCUT2D eigenvalue weighted by atomic mass is 9.80. The molecule has 4 heteroatoms. The van der Waals surface area contributed by atoms with Crippen molar-refractivity contribution in [2.75, 3.05) is 13.2 Å². The molecule has 1 aromatic rings. The maximum atomic E-state index is 12.3. The number of hydrogen-bond acceptors (Lipinski definition) is 4. The molecular weight excluding hydrogens is 216 g/mol. The molecular formula is C13H20N2O2. The van der Waals surface area contributed by atoms with Crippen molar-refractivity contribution in [3.8, 4) is 5.75 Å². The van der Waals surface area contributed by atoms with E-state index in [1.807, 2.05) is 20.8 Å². The summed E-state index contributed by atoms with van der Waals surface area (Å²) in [7, 11) is 0. The first-order valence-electron chi connectivity index (χ1n) is 5.90. The predicted octanol–water partition coefficient (Wildman–Crippen LogP) is 2.04. The number of carbonyl (C=O) groups excluding carboxylic acids is 1. The topological polar surface area (TPSA) is 65.2 Å². The molecule has 1 rings (SSSR count). The molecule has 0 aliphatic carbocycles. The van der Waals surface area contributed by atoms with Gasteiger partial charge in [0.15, 0.2) is 5.78 Å². The minimum atomic E-state index is -0.521. The van der Waals surface area contributed by atoms with E-state index >= 15 is 0 Å². The highest BCUT2D eigenvalue weighted by molar-refractivity contribution is 6.00. The number of aromatic nitrogens is 1. The molecule has 1 unspecified atom stereocenters. The third-order valence-electron chi connectivity index (χ3n) is 3.07. The van der Waals surface area contributed by atoms with Gasteiger partial charge in [-0.05, 0) is 19.4 Å². The molecule has 0 amide bonds. The molecule has 4 nitrogen and oxygen atoms in total. The van der Waals surface area contributed by atoms with E-state index in [1.54, 1.807) is 18.5 Å². The Bertz CT molecular complexity index is 387. The number of nitrogens with two attached hydrogens (primary N) is 1. The number of nitrogens with zero attached hydrogens (tertiary/aromatic N) is 1. The van der Waals surface area contributed by atoms with Crippen LogP contribution in [-0.2, 0) is 0 Å². The van der Waals surface area contributed by atoms with Crippen LogP contribution in [0.15, 0.2) is 18.5 Å². The van der Waals surface area contributed by atoms with E-state index in [4.69, 9.17) is 10.5 Å². The van der Waals surface area contributed by atoms with Gasteiger partial charge in [-0.2, -0.15) is 0 Å². The maximum Gasteiger partial charge on any atom is 0.171 e.